The zero-order valence-corrected chi connectivity index (χ0v) is 9.67. The molecule has 1 aromatic rings. The summed E-state index contributed by atoms with van der Waals surface area (Å²) in [6.45, 7) is 3.52. The van der Waals surface area contributed by atoms with Crippen LogP contribution < -0.4 is 5.32 Å². The molecule has 0 amide bonds. The largest absolute Gasteiger partial charge is 0.316 e. The van der Waals surface area contributed by atoms with Crippen LogP contribution in [0.2, 0.25) is 0 Å². The van der Waals surface area contributed by atoms with Crippen LogP contribution >= 0.6 is 0 Å². The van der Waals surface area contributed by atoms with Crippen molar-refractivity contribution in [3.05, 3.63) is 35.4 Å². The molecule has 1 N–H and O–H groups in total. The summed E-state index contributed by atoms with van der Waals surface area (Å²) in [5, 5.41) is 3.10. The number of nitrogens with one attached hydrogen (secondary N) is 1. The van der Waals surface area contributed by atoms with Crippen molar-refractivity contribution in [2.24, 2.45) is 11.8 Å². The highest BCUT2D eigenvalue weighted by Crippen LogP contribution is 2.20. The molecular weight excluding hydrogens is 224 g/mol. The first-order valence-electron chi connectivity index (χ1n) is 5.75. The van der Waals surface area contributed by atoms with Crippen LogP contribution in [-0.4, -0.2) is 18.9 Å². The summed E-state index contributed by atoms with van der Waals surface area (Å²) in [7, 11) is 0. The van der Waals surface area contributed by atoms with E-state index < -0.39 is 11.6 Å². The van der Waals surface area contributed by atoms with Crippen LogP contribution in [0.1, 0.15) is 12.5 Å². The van der Waals surface area contributed by atoms with E-state index in [0.29, 0.717) is 5.92 Å². The van der Waals surface area contributed by atoms with Crippen LogP contribution in [0.4, 0.5) is 8.78 Å². The Labute approximate surface area is 99.0 Å². The van der Waals surface area contributed by atoms with Crippen molar-refractivity contribution in [3.8, 4) is 0 Å². The van der Waals surface area contributed by atoms with Crippen molar-refractivity contribution in [1.82, 2.24) is 5.32 Å². The maximum absolute atomic E-state index is 13.4. The predicted octanol–water partition coefficient (Wildman–Crippen LogP) is 1.93. The molecule has 0 saturated carbocycles. The lowest BCUT2D eigenvalue weighted by Gasteiger charge is -2.31. The maximum atomic E-state index is 13.4. The van der Waals surface area contributed by atoms with Gasteiger partial charge in [0.1, 0.15) is 17.4 Å². The maximum Gasteiger partial charge on any atom is 0.140 e. The third kappa shape index (κ3) is 2.69. The molecule has 2 rings (SSSR count). The molecule has 1 atom stereocenters. The van der Waals surface area contributed by atoms with E-state index in [4.69, 9.17) is 0 Å². The standard InChI is InChI=1S/C13H15F2NO/c1-8(10-6-16-7-10)13(17)5-9-4-11(14)2-3-12(9)15/h2-4,8,10,16H,5-7H2,1H3. The number of hydrogen-bond acceptors (Lipinski definition) is 2. The highest BCUT2D eigenvalue weighted by Gasteiger charge is 2.28. The van der Waals surface area contributed by atoms with Gasteiger partial charge in [-0.2, -0.15) is 0 Å². The Hall–Kier alpha value is -1.29. The van der Waals surface area contributed by atoms with Crippen molar-refractivity contribution >= 4 is 5.78 Å². The number of benzene rings is 1. The van der Waals surface area contributed by atoms with Gasteiger partial charge in [-0.25, -0.2) is 8.78 Å². The van der Waals surface area contributed by atoms with E-state index in [1.165, 1.54) is 0 Å². The van der Waals surface area contributed by atoms with Crippen molar-refractivity contribution in [3.63, 3.8) is 0 Å². The average Bonchev–Trinajstić information content (AvgIpc) is 2.21. The van der Waals surface area contributed by atoms with E-state index >= 15 is 0 Å². The molecule has 2 nitrogen and oxygen atoms in total. The van der Waals surface area contributed by atoms with E-state index in [0.717, 1.165) is 31.3 Å². The fourth-order valence-electron chi connectivity index (χ4n) is 1.95. The zero-order chi connectivity index (χ0) is 12.4. The van der Waals surface area contributed by atoms with Crippen LogP contribution in [0, 0.1) is 23.5 Å². The van der Waals surface area contributed by atoms with E-state index in [1.54, 1.807) is 0 Å². The number of ketones is 1. The van der Waals surface area contributed by atoms with Gasteiger partial charge in [0.2, 0.25) is 0 Å². The topological polar surface area (TPSA) is 29.1 Å². The van der Waals surface area contributed by atoms with Gasteiger partial charge in [0, 0.05) is 12.3 Å². The van der Waals surface area contributed by atoms with Crippen LogP contribution in [0.15, 0.2) is 18.2 Å². The third-order valence-corrected chi connectivity index (χ3v) is 3.40. The number of Topliss-reactive ketones (excluding diaryl/α,β-unsaturated/α-hetero) is 1. The molecule has 0 radical (unpaired) electrons. The minimum absolute atomic E-state index is 0.0265. The number of halogens is 2. The van der Waals surface area contributed by atoms with Gasteiger partial charge in [-0.15, -0.1) is 0 Å². The predicted molar refractivity (Wildman–Crippen MR) is 60.6 cm³/mol. The van der Waals surface area contributed by atoms with E-state index in [9.17, 15) is 13.6 Å². The molecule has 1 aliphatic heterocycles. The van der Waals surface area contributed by atoms with Gasteiger partial charge in [-0.05, 0) is 42.8 Å². The monoisotopic (exact) mass is 239 g/mol. The Balaban J connectivity index is 2.04. The number of carbonyl (C=O) groups is 1. The van der Waals surface area contributed by atoms with E-state index in [1.807, 2.05) is 6.92 Å². The molecule has 1 unspecified atom stereocenters. The molecule has 92 valence electrons. The molecule has 4 heteroatoms. The normalized spacial score (nSPS) is 17.6. The first kappa shape index (κ1) is 12.2. The lowest BCUT2D eigenvalue weighted by atomic mass is 9.84. The molecule has 0 aliphatic carbocycles. The number of hydrogen-bond donors (Lipinski definition) is 1. The zero-order valence-electron chi connectivity index (χ0n) is 9.67. The van der Waals surface area contributed by atoms with Gasteiger partial charge in [0.05, 0.1) is 0 Å². The first-order chi connectivity index (χ1) is 8.08. The second-order valence-corrected chi connectivity index (χ2v) is 4.59. The van der Waals surface area contributed by atoms with Crippen molar-refractivity contribution in [1.29, 1.82) is 0 Å². The van der Waals surface area contributed by atoms with Gasteiger partial charge >= 0.3 is 0 Å². The van der Waals surface area contributed by atoms with Crippen molar-refractivity contribution < 1.29 is 13.6 Å². The second-order valence-electron chi connectivity index (χ2n) is 4.59. The number of carbonyl (C=O) groups excluding carboxylic acids is 1. The summed E-state index contributed by atoms with van der Waals surface area (Å²) in [5.74, 6) is -0.815. The van der Waals surface area contributed by atoms with Gasteiger partial charge in [-0.1, -0.05) is 6.92 Å². The third-order valence-electron chi connectivity index (χ3n) is 3.40. The molecule has 17 heavy (non-hydrogen) atoms. The van der Waals surface area contributed by atoms with E-state index in [-0.39, 0.29) is 23.7 Å². The molecule has 0 spiro atoms. The smallest absolute Gasteiger partial charge is 0.140 e. The molecular formula is C13H15F2NO. The Bertz CT molecular complexity index is 429. The molecule has 1 aromatic carbocycles. The molecule has 0 bridgehead atoms. The fraction of sp³-hybridized carbons (Fsp3) is 0.462. The minimum Gasteiger partial charge on any atom is -0.316 e. The summed E-state index contributed by atoms with van der Waals surface area (Å²) >= 11 is 0. The minimum atomic E-state index is -0.515. The van der Waals surface area contributed by atoms with Crippen LogP contribution in [0.5, 0.6) is 0 Å². The Morgan fingerprint density at radius 3 is 2.76 bits per heavy atom. The lowest BCUT2D eigenvalue weighted by molar-refractivity contribution is -0.123. The average molecular weight is 239 g/mol. The van der Waals surface area contributed by atoms with E-state index in [2.05, 4.69) is 5.32 Å². The highest BCUT2D eigenvalue weighted by molar-refractivity contribution is 5.83. The van der Waals surface area contributed by atoms with Crippen LogP contribution in [0.25, 0.3) is 0 Å². The first-order valence-corrected chi connectivity index (χ1v) is 5.75. The lowest BCUT2D eigenvalue weighted by Crippen LogP contribution is -2.47. The van der Waals surface area contributed by atoms with Crippen molar-refractivity contribution in [2.45, 2.75) is 13.3 Å². The quantitative estimate of drug-likeness (QED) is 0.870. The van der Waals surface area contributed by atoms with Gasteiger partial charge < -0.3 is 5.32 Å². The molecule has 1 heterocycles. The number of rotatable bonds is 4. The summed E-state index contributed by atoms with van der Waals surface area (Å²) < 4.78 is 26.3. The summed E-state index contributed by atoms with van der Waals surface area (Å²) in [6, 6.07) is 3.22. The summed E-state index contributed by atoms with van der Waals surface area (Å²) in [5.41, 5.74) is 0.147. The summed E-state index contributed by atoms with van der Waals surface area (Å²) in [4.78, 5) is 11.9. The Morgan fingerprint density at radius 1 is 1.47 bits per heavy atom. The molecule has 0 aromatic heterocycles. The van der Waals surface area contributed by atoms with Gasteiger partial charge in [0.15, 0.2) is 0 Å². The highest BCUT2D eigenvalue weighted by atomic mass is 19.1. The summed E-state index contributed by atoms with van der Waals surface area (Å²) in [6.07, 6.45) is -0.0265. The van der Waals surface area contributed by atoms with Crippen molar-refractivity contribution in [2.75, 3.05) is 13.1 Å². The second kappa shape index (κ2) is 4.92. The SMILES string of the molecule is CC(C(=O)Cc1cc(F)ccc1F)C1CNC1. The van der Waals surface area contributed by atoms with Gasteiger partial charge in [-0.3, -0.25) is 4.79 Å². The molecule has 1 fully saturated rings. The molecule has 1 saturated heterocycles. The van der Waals surface area contributed by atoms with Crippen LogP contribution in [-0.2, 0) is 11.2 Å². The fourth-order valence-corrected chi connectivity index (χ4v) is 1.95. The molecule has 1 aliphatic rings. The Morgan fingerprint density at radius 2 is 2.18 bits per heavy atom. The Kier molecular flexibility index (Phi) is 3.52. The van der Waals surface area contributed by atoms with Crippen LogP contribution in [0.3, 0.4) is 0 Å². The van der Waals surface area contributed by atoms with Gasteiger partial charge in [0.25, 0.3) is 0 Å².